The van der Waals surface area contributed by atoms with Gasteiger partial charge < -0.3 is 9.47 Å². The van der Waals surface area contributed by atoms with E-state index < -0.39 is 9.84 Å². The molecule has 1 saturated heterocycles. The van der Waals surface area contributed by atoms with Crippen LogP contribution in [-0.2, 0) is 14.6 Å². The normalized spacial score (nSPS) is 14.8. The van der Waals surface area contributed by atoms with Crippen LogP contribution in [0.25, 0.3) is 10.2 Å². The number of fused-ring (bicyclic) bond motifs is 1. The average Bonchev–Trinajstić information content (AvgIpc) is 3.33. The lowest BCUT2D eigenvalue weighted by atomic mass is 10.2. The molecular weight excluding hydrogens is 486 g/mol. The molecule has 1 aliphatic rings. The number of thiazole rings is 1. The second kappa shape index (κ2) is 11.0. The van der Waals surface area contributed by atoms with Crippen molar-refractivity contribution in [3.63, 3.8) is 0 Å². The topological polar surface area (TPSA) is 89.0 Å². The van der Waals surface area contributed by atoms with E-state index in [1.54, 1.807) is 37.1 Å². The van der Waals surface area contributed by atoms with Crippen LogP contribution in [0.2, 0.25) is 0 Å². The molecule has 0 N–H and O–H groups in total. The first-order chi connectivity index (χ1) is 16.9. The fourth-order valence-corrected chi connectivity index (χ4v) is 6.32. The maximum Gasteiger partial charge on any atom is 0.261 e. The van der Waals surface area contributed by atoms with Gasteiger partial charge in [-0.1, -0.05) is 36.5 Å². The number of carbonyl (C=O) groups excluding carboxylic acids is 1. The summed E-state index contributed by atoms with van der Waals surface area (Å²) >= 11 is 1.42. The summed E-state index contributed by atoms with van der Waals surface area (Å²) in [6.07, 6.45) is 0.723. The Labute approximate surface area is 210 Å². The number of carbonyl (C=O) groups is 1. The molecule has 0 atom stereocenters. The Morgan fingerprint density at radius 2 is 1.94 bits per heavy atom. The number of hydrogen-bond donors (Lipinski definition) is 0. The van der Waals surface area contributed by atoms with E-state index in [2.05, 4.69) is 4.90 Å². The Bertz CT molecular complexity index is 1300. The van der Waals surface area contributed by atoms with Crippen molar-refractivity contribution in [3.05, 3.63) is 47.5 Å². The number of aromatic nitrogens is 1. The van der Waals surface area contributed by atoms with Crippen LogP contribution >= 0.6 is 11.3 Å². The van der Waals surface area contributed by atoms with Crippen molar-refractivity contribution in [3.8, 4) is 5.75 Å². The number of methoxy groups -OCH3 is 1. The van der Waals surface area contributed by atoms with Gasteiger partial charge in [0, 0.05) is 26.2 Å². The predicted octanol–water partition coefficient (Wildman–Crippen LogP) is 3.78. The molecule has 4 rings (SSSR count). The largest absolute Gasteiger partial charge is 0.494 e. The van der Waals surface area contributed by atoms with Crippen LogP contribution in [0.4, 0.5) is 5.13 Å². The van der Waals surface area contributed by atoms with Gasteiger partial charge in [-0.25, -0.2) is 13.4 Å². The predicted molar refractivity (Wildman–Crippen MR) is 139 cm³/mol. The van der Waals surface area contributed by atoms with Crippen LogP contribution in [0.1, 0.15) is 29.3 Å². The number of benzene rings is 2. The lowest BCUT2D eigenvalue weighted by Gasteiger charge is -2.28. The Hall–Kier alpha value is -2.53. The molecule has 35 heavy (non-hydrogen) atoms. The molecular formula is C25H31N3O5S2. The average molecular weight is 518 g/mol. The van der Waals surface area contributed by atoms with E-state index in [9.17, 15) is 13.2 Å². The van der Waals surface area contributed by atoms with Crippen molar-refractivity contribution in [2.75, 3.05) is 57.2 Å². The summed E-state index contributed by atoms with van der Waals surface area (Å²) < 4.78 is 37.4. The van der Waals surface area contributed by atoms with Crippen LogP contribution < -0.4 is 9.64 Å². The summed E-state index contributed by atoms with van der Waals surface area (Å²) in [7, 11) is -1.98. The van der Waals surface area contributed by atoms with Gasteiger partial charge in [0.15, 0.2) is 15.0 Å². The van der Waals surface area contributed by atoms with Crippen molar-refractivity contribution in [2.45, 2.75) is 25.2 Å². The first kappa shape index (κ1) is 25.6. The molecule has 2 heterocycles. The molecule has 0 radical (unpaired) electrons. The first-order valence-electron chi connectivity index (χ1n) is 11.7. The van der Waals surface area contributed by atoms with Gasteiger partial charge in [-0.2, -0.15) is 0 Å². The molecule has 0 spiro atoms. The van der Waals surface area contributed by atoms with Crippen molar-refractivity contribution in [1.29, 1.82) is 0 Å². The summed E-state index contributed by atoms with van der Waals surface area (Å²) in [4.78, 5) is 22.7. The standard InChI is InChI=1S/C25H31N3O5S2/c1-4-35(30,31)21-9-6-5-8-19(21)24(29)28(13-7-12-27-14-16-33-17-15-27)25-26-22-20(32-3)11-10-18(2)23(22)34-25/h5-6,8-11H,4,7,12-17H2,1-3H3. The number of ether oxygens (including phenoxy) is 2. The third-order valence-corrected chi connectivity index (χ3v) is 9.18. The highest BCUT2D eigenvalue weighted by atomic mass is 32.2. The maximum absolute atomic E-state index is 13.9. The molecule has 0 bridgehead atoms. The van der Waals surface area contributed by atoms with Crippen molar-refractivity contribution in [2.24, 2.45) is 0 Å². The summed E-state index contributed by atoms with van der Waals surface area (Å²) in [5.74, 6) is 0.198. The lowest BCUT2D eigenvalue weighted by Crippen LogP contribution is -2.39. The minimum atomic E-state index is -3.58. The van der Waals surface area contributed by atoms with Gasteiger partial charge in [-0.15, -0.1) is 0 Å². The summed E-state index contributed by atoms with van der Waals surface area (Å²) in [6, 6.07) is 10.3. The summed E-state index contributed by atoms with van der Waals surface area (Å²) in [5, 5.41) is 0.531. The quantitative estimate of drug-likeness (QED) is 0.427. The van der Waals surface area contributed by atoms with Crippen molar-refractivity contribution < 1.29 is 22.7 Å². The number of rotatable bonds is 9. The van der Waals surface area contributed by atoms with Crippen LogP contribution in [-0.4, -0.2) is 76.5 Å². The van der Waals surface area contributed by atoms with Gasteiger partial charge in [0.05, 0.1) is 41.2 Å². The highest BCUT2D eigenvalue weighted by Crippen LogP contribution is 2.37. The van der Waals surface area contributed by atoms with Crippen LogP contribution in [0.15, 0.2) is 41.3 Å². The number of nitrogens with zero attached hydrogens (tertiary/aromatic N) is 3. The van der Waals surface area contributed by atoms with Crippen LogP contribution in [0, 0.1) is 6.92 Å². The molecule has 1 aromatic heterocycles. The zero-order valence-corrected chi connectivity index (χ0v) is 22.0. The zero-order valence-electron chi connectivity index (χ0n) is 20.3. The minimum Gasteiger partial charge on any atom is -0.494 e. The lowest BCUT2D eigenvalue weighted by molar-refractivity contribution is 0.0376. The molecule has 2 aromatic carbocycles. The zero-order chi connectivity index (χ0) is 25.0. The number of anilines is 1. The van der Waals surface area contributed by atoms with E-state index in [4.69, 9.17) is 14.5 Å². The van der Waals surface area contributed by atoms with E-state index in [1.807, 2.05) is 19.1 Å². The second-order valence-corrected chi connectivity index (χ2v) is 11.6. The van der Waals surface area contributed by atoms with Crippen molar-refractivity contribution >= 4 is 42.4 Å². The molecule has 10 heteroatoms. The number of aryl methyl sites for hydroxylation is 1. The smallest absolute Gasteiger partial charge is 0.261 e. The van der Waals surface area contributed by atoms with Gasteiger partial charge in [-0.05, 0) is 37.1 Å². The fourth-order valence-electron chi connectivity index (χ4n) is 4.16. The maximum atomic E-state index is 13.9. The second-order valence-electron chi connectivity index (χ2n) is 8.42. The minimum absolute atomic E-state index is 0.0561. The molecule has 0 aliphatic carbocycles. The van der Waals surface area contributed by atoms with E-state index in [0.29, 0.717) is 36.2 Å². The molecule has 3 aromatic rings. The van der Waals surface area contributed by atoms with Gasteiger partial charge in [0.2, 0.25) is 0 Å². The molecule has 8 nitrogen and oxygen atoms in total. The number of sulfone groups is 1. The number of morpholine rings is 1. The molecule has 1 aliphatic heterocycles. The third-order valence-electron chi connectivity index (χ3n) is 6.18. The third kappa shape index (κ3) is 5.50. The van der Waals surface area contributed by atoms with Gasteiger partial charge in [0.25, 0.3) is 5.91 Å². The SMILES string of the molecule is CCS(=O)(=O)c1ccccc1C(=O)N(CCCN1CCOCC1)c1nc2c(OC)ccc(C)c2s1. The Morgan fingerprint density at radius 3 is 2.66 bits per heavy atom. The monoisotopic (exact) mass is 517 g/mol. The Balaban J connectivity index is 1.72. The number of amides is 1. The molecule has 0 unspecified atom stereocenters. The van der Waals surface area contributed by atoms with Gasteiger partial charge in [0.1, 0.15) is 11.3 Å². The van der Waals surface area contributed by atoms with Gasteiger partial charge >= 0.3 is 0 Å². The Morgan fingerprint density at radius 1 is 1.20 bits per heavy atom. The summed E-state index contributed by atoms with van der Waals surface area (Å²) in [6.45, 7) is 7.96. The number of hydrogen-bond acceptors (Lipinski definition) is 8. The van der Waals surface area contributed by atoms with E-state index in [0.717, 1.165) is 36.3 Å². The fraction of sp³-hybridized carbons (Fsp3) is 0.440. The molecule has 1 fully saturated rings. The van der Waals surface area contributed by atoms with Gasteiger partial charge in [-0.3, -0.25) is 14.6 Å². The van der Waals surface area contributed by atoms with Crippen LogP contribution in [0.3, 0.4) is 0 Å². The van der Waals surface area contributed by atoms with E-state index in [1.165, 1.54) is 17.4 Å². The van der Waals surface area contributed by atoms with E-state index >= 15 is 0 Å². The molecule has 1 amide bonds. The highest BCUT2D eigenvalue weighted by Gasteiger charge is 2.28. The highest BCUT2D eigenvalue weighted by molar-refractivity contribution is 7.91. The molecule has 0 saturated carbocycles. The van der Waals surface area contributed by atoms with Crippen LogP contribution in [0.5, 0.6) is 5.75 Å². The Kier molecular flexibility index (Phi) is 8.05. The van der Waals surface area contributed by atoms with Crippen molar-refractivity contribution in [1.82, 2.24) is 9.88 Å². The van der Waals surface area contributed by atoms with E-state index in [-0.39, 0.29) is 22.1 Å². The first-order valence-corrected chi connectivity index (χ1v) is 14.2. The summed E-state index contributed by atoms with van der Waals surface area (Å²) in [5.41, 5.74) is 1.91. The molecule has 188 valence electrons.